The van der Waals surface area contributed by atoms with Gasteiger partial charge in [0, 0.05) is 19.3 Å². The maximum atomic E-state index is 12.0. The number of hydrogen-bond acceptors (Lipinski definition) is 3. The molecule has 6 nitrogen and oxygen atoms in total. The predicted octanol–water partition coefficient (Wildman–Crippen LogP) is 1.83. The summed E-state index contributed by atoms with van der Waals surface area (Å²) in [5, 5.41) is 8.97. The van der Waals surface area contributed by atoms with Crippen molar-refractivity contribution in [2.45, 2.75) is 37.4 Å². The minimum Gasteiger partial charge on any atom is -0.477 e. The van der Waals surface area contributed by atoms with Crippen LogP contribution in [0.4, 0.5) is 13.2 Å². The highest BCUT2D eigenvalue weighted by atomic mass is 32.2. The first-order valence-electron chi connectivity index (χ1n) is 6.06. The number of sulfonamides is 1. The average molecular weight is 328 g/mol. The molecule has 1 rings (SSSR count). The van der Waals surface area contributed by atoms with Crippen molar-refractivity contribution in [3.8, 4) is 0 Å². The molecule has 1 heterocycles. The number of aromatic carboxylic acids is 1. The van der Waals surface area contributed by atoms with Crippen LogP contribution < -0.4 is 4.72 Å². The van der Waals surface area contributed by atoms with Crippen LogP contribution in [0.15, 0.2) is 17.2 Å². The van der Waals surface area contributed by atoms with Crippen LogP contribution >= 0.6 is 0 Å². The molecular formula is C11H15F3N2O4S. The maximum absolute atomic E-state index is 12.0. The number of carbonyl (C=O) groups is 1. The molecule has 0 aliphatic carbocycles. The fraction of sp³-hybridized carbons (Fsp3) is 0.545. The molecule has 0 atom stereocenters. The molecule has 0 aromatic carbocycles. The van der Waals surface area contributed by atoms with Gasteiger partial charge in [0.15, 0.2) is 0 Å². The third kappa shape index (κ3) is 5.05. The van der Waals surface area contributed by atoms with E-state index in [4.69, 9.17) is 5.11 Å². The van der Waals surface area contributed by atoms with Crippen LogP contribution in [0.2, 0.25) is 0 Å². The SMILES string of the molecule is CCCn1cc(S(=O)(=O)NCCC(F)(F)F)cc1C(=O)O. The lowest BCUT2D eigenvalue weighted by molar-refractivity contribution is -0.132. The Hall–Kier alpha value is -1.55. The van der Waals surface area contributed by atoms with Crippen LogP contribution in [0.5, 0.6) is 0 Å². The van der Waals surface area contributed by atoms with Crippen LogP contribution in [-0.2, 0) is 16.6 Å². The Morgan fingerprint density at radius 3 is 2.52 bits per heavy atom. The number of aromatic nitrogens is 1. The first-order valence-corrected chi connectivity index (χ1v) is 7.55. The van der Waals surface area contributed by atoms with Crippen molar-refractivity contribution in [2.75, 3.05) is 6.54 Å². The second-order valence-corrected chi connectivity index (χ2v) is 6.09. The van der Waals surface area contributed by atoms with Gasteiger partial charge in [-0.05, 0) is 12.5 Å². The zero-order valence-corrected chi connectivity index (χ0v) is 12.0. The van der Waals surface area contributed by atoms with E-state index in [-0.39, 0.29) is 10.6 Å². The van der Waals surface area contributed by atoms with Crippen molar-refractivity contribution in [1.82, 2.24) is 9.29 Å². The third-order valence-electron chi connectivity index (χ3n) is 2.57. The molecule has 10 heteroatoms. The molecule has 1 aromatic rings. The number of hydrogen-bond donors (Lipinski definition) is 2. The zero-order chi connectivity index (χ0) is 16.3. The number of carboxylic acid groups (broad SMARTS) is 1. The van der Waals surface area contributed by atoms with E-state index in [9.17, 15) is 26.4 Å². The molecule has 1 aromatic heterocycles. The molecule has 21 heavy (non-hydrogen) atoms. The van der Waals surface area contributed by atoms with Gasteiger partial charge in [0.1, 0.15) is 10.6 Å². The van der Waals surface area contributed by atoms with E-state index in [0.717, 1.165) is 12.3 Å². The van der Waals surface area contributed by atoms with Gasteiger partial charge < -0.3 is 9.67 Å². The molecule has 0 aliphatic rings. The summed E-state index contributed by atoms with van der Waals surface area (Å²) in [5.41, 5.74) is -0.229. The Morgan fingerprint density at radius 2 is 2.05 bits per heavy atom. The largest absolute Gasteiger partial charge is 0.477 e. The highest BCUT2D eigenvalue weighted by molar-refractivity contribution is 7.89. The second kappa shape index (κ2) is 6.48. The predicted molar refractivity (Wildman–Crippen MR) is 67.5 cm³/mol. The number of nitrogens with one attached hydrogen (secondary N) is 1. The van der Waals surface area contributed by atoms with Gasteiger partial charge >= 0.3 is 12.1 Å². The molecule has 0 fully saturated rings. The van der Waals surface area contributed by atoms with E-state index in [0.29, 0.717) is 13.0 Å². The van der Waals surface area contributed by atoms with Gasteiger partial charge in [0.05, 0.1) is 6.42 Å². The molecule has 0 aliphatic heterocycles. The number of nitrogens with zero attached hydrogens (tertiary/aromatic N) is 1. The van der Waals surface area contributed by atoms with E-state index in [1.54, 1.807) is 11.6 Å². The summed E-state index contributed by atoms with van der Waals surface area (Å²) >= 11 is 0. The van der Waals surface area contributed by atoms with E-state index >= 15 is 0 Å². The van der Waals surface area contributed by atoms with Crippen molar-refractivity contribution >= 4 is 16.0 Å². The molecule has 2 N–H and O–H groups in total. The van der Waals surface area contributed by atoms with Crippen molar-refractivity contribution in [2.24, 2.45) is 0 Å². The smallest absolute Gasteiger partial charge is 0.390 e. The van der Waals surface area contributed by atoms with E-state index in [1.165, 1.54) is 4.57 Å². The Balaban J connectivity index is 2.93. The molecule has 120 valence electrons. The highest BCUT2D eigenvalue weighted by Crippen LogP contribution is 2.19. The molecule has 0 saturated carbocycles. The van der Waals surface area contributed by atoms with Gasteiger partial charge in [-0.25, -0.2) is 17.9 Å². The number of halogens is 3. The summed E-state index contributed by atoms with van der Waals surface area (Å²) in [6.07, 6.45) is -4.09. The van der Waals surface area contributed by atoms with Gasteiger partial charge in [0.2, 0.25) is 10.0 Å². The molecule has 0 radical (unpaired) electrons. The van der Waals surface area contributed by atoms with Gasteiger partial charge in [-0.3, -0.25) is 0 Å². The summed E-state index contributed by atoms with van der Waals surface area (Å²) in [7, 11) is -4.17. The fourth-order valence-electron chi connectivity index (χ4n) is 1.65. The summed E-state index contributed by atoms with van der Waals surface area (Å²) in [6.45, 7) is 1.27. The van der Waals surface area contributed by atoms with Gasteiger partial charge in [-0.2, -0.15) is 13.2 Å². The first kappa shape index (κ1) is 17.5. The van der Waals surface area contributed by atoms with E-state index in [2.05, 4.69) is 0 Å². The summed E-state index contributed by atoms with van der Waals surface area (Å²) in [6, 6.07) is 0.925. The van der Waals surface area contributed by atoms with Crippen LogP contribution in [0, 0.1) is 0 Å². The standard InChI is InChI=1S/C11H15F3N2O4S/c1-2-5-16-7-8(6-9(16)10(17)18)21(19,20)15-4-3-11(12,13)14/h6-7,15H,2-5H2,1H3,(H,17,18). The topological polar surface area (TPSA) is 88.4 Å². The minimum atomic E-state index is -4.47. The molecule has 0 saturated heterocycles. The van der Waals surface area contributed by atoms with Crippen LogP contribution in [-0.4, -0.2) is 36.8 Å². The summed E-state index contributed by atoms with van der Waals surface area (Å²) < 4.78 is 62.7. The van der Waals surface area contributed by atoms with Crippen molar-refractivity contribution in [1.29, 1.82) is 0 Å². The Bertz CT molecular complexity index is 607. The maximum Gasteiger partial charge on any atom is 0.390 e. The molecule has 0 amide bonds. The second-order valence-electron chi connectivity index (χ2n) is 4.32. The van der Waals surface area contributed by atoms with Crippen LogP contribution in [0.25, 0.3) is 0 Å². The van der Waals surface area contributed by atoms with Crippen molar-refractivity contribution < 1.29 is 31.5 Å². The van der Waals surface area contributed by atoms with Crippen LogP contribution in [0.1, 0.15) is 30.3 Å². The van der Waals surface area contributed by atoms with Gasteiger partial charge in [0.25, 0.3) is 0 Å². The normalized spacial score (nSPS) is 12.6. The first-order chi connectivity index (χ1) is 9.57. The Kier molecular flexibility index (Phi) is 5.40. The molecule has 0 spiro atoms. The Labute approximate surface area is 119 Å². The number of carboxylic acids is 1. The highest BCUT2D eigenvalue weighted by Gasteiger charge is 2.28. The summed E-state index contributed by atoms with van der Waals surface area (Å²) in [4.78, 5) is 10.6. The molecular weight excluding hydrogens is 313 g/mol. The monoisotopic (exact) mass is 328 g/mol. The third-order valence-corrected chi connectivity index (χ3v) is 3.99. The van der Waals surface area contributed by atoms with Crippen LogP contribution in [0.3, 0.4) is 0 Å². The number of aryl methyl sites for hydroxylation is 1. The van der Waals surface area contributed by atoms with Crippen molar-refractivity contribution in [3.63, 3.8) is 0 Å². The van der Waals surface area contributed by atoms with Gasteiger partial charge in [-0.1, -0.05) is 6.92 Å². The van der Waals surface area contributed by atoms with E-state index in [1.807, 2.05) is 0 Å². The van der Waals surface area contributed by atoms with Crippen molar-refractivity contribution in [3.05, 3.63) is 18.0 Å². The molecule has 0 bridgehead atoms. The average Bonchev–Trinajstić information content (AvgIpc) is 2.72. The molecule has 0 unspecified atom stereocenters. The van der Waals surface area contributed by atoms with Gasteiger partial charge in [-0.15, -0.1) is 0 Å². The lowest BCUT2D eigenvalue weighted by Crippen LogP contribution is -2.27. The lowest BCUT2D eigenvalue weighted by Gasteiger charge is -2.07. The fourth-order valence-corrected chi connectivity index (χ4v) is 2.72. The number of rotatable bonds is 7. The Morgan fingerprint density at radius 1 is 1.43 bits per heavy atom. The lowest BCUT2D eigenvalue weighted by atomic mass is 10.4. The quantitative estimate of drug-likeness (QED) is 0.799. The minimum absolute atomic E-state index is 0.229. The van der Waals surface area contributed by atoms with E-state index < -0.39 is 35.1 Å². The number of alkyl halides is 3. The summed E-state index contributed by atoms with van der Waals surface area (Å²) in [5.74, 6) is -1.31. The zero-order valence-electron chi connectivity index (χ0n) is 11.1.